The second-order valence-corrected chi connectivity index (χ2v) is 5.13. The maximum atomic E-state index is 11.9. The first-order valence-corrected chi connectivity index (χ1v) is 6.49. The number of rotatable bonds is 6. The molecule has 2 N–H and O–H groups in total. The van der Waals surface area contributed by atoms with E-state index in [4.69, 9.17) is 9.15 Å². The van der Waals surface area contributed by atoms with Crippen molar-refractivity contribution in [1.29, 1.82) is 0 Å². The van der Waals surface area contributed by atoms with Crippen LogP contribution in [0.25, 0.3) is 11.1 Å². The van der Waals surface area contributed by atoms with Gasteiger partial charge in [-0.05, 0) is 19.1 Å². The zero-order valence-corrected chi connectivity index (χ0v) is 12.0. The fourth-order valence-corrected chi connectivity index (χ4v) is 2.01. The average molecular weight is 294 g/mol. The van der Waals surface area contributed by atoms with Crippen LogP contribution in [-0.4, -0.2) is 41.4 Å². The Bertz CT molecular complexity index is 686. The van der Waals surface area contributed by atoms with Gasteiger partial charge in [0, 0.05) is 13.7 Å². The lowest BCUT2D eigenvalue weighted by Gasteiger charge is -2.22. The van der Waals surface area contributed by atoms with E-state index in [1.807, 2.05) is 0 Å². The lowest BCUT2D eigenvalue weighted by atomic mass is 10.1. The largest absolute Gasteiger partial charge is 0.420 e. The highest BCUT2D eigenvalue weighted by Gasteiger charge is 2.21. The first kappa shape index (κ1) is 15.3. The molecule has 1 unspecified atom stereocenters. The number of methoxy groups -OCH3 is 1. The van der Waals surface area contributed by atoms with Crippen LogP contribution in [0, 0.1) is 0 Å². The van der Waals surface area contributed by atoms with Crippen molar-refractivity contribution in [2.45, 2.75) is 19.1 Å². The number of fused-ring (bicyclic) bond motifs is 1. The van der Waals surface area contributed by atoms with Crippen LogP contribution in [0.15, 0.2) is 33.5 Å². The molecule has 0 aliphatic rings. The minimum atomic E-state index is -1.16. The number of ether oxygens (including phenoxy) is 1. The molecule has 0 saturated carbocycles. The molecule has 7 nitrogen and oxygen atoms in total. The third-order valence-electron chi connectivity index (χ3n) is 3.00. The van der Waals surface area contributed by atoms with Crippen LogP contribution in [0.1, 0.15) is 6.92 Å². The van der Waals surface area contributed by atoms with Crippen LogP contribution in [-0.2, 0) is 16.1 Å². The Morgan fingerprint density at radius 2 is 2.19 bits per heavy atom. The molecule has 2 aromatic rings. The first-order chi connectivity index (χ1) is 9.93. The zero-order chi connectivity index (χ0) is 15.5. The van der Waals surface area contributed by atoms with Gasteiger partial charge in [0.05, 0.1) is 12.1 Å². The number of benzene rings is 1. The van der Waals surface area contributed by atoms with E-state index in [-0.39, 0.29) is 25.6 Å². The molecule has 21 heavy (non-hydrogen) atoms. The van der Waals surface area contributed by atoms with Crippen molar-refractivity contribution in [3.63, 3.8) is 0 Å². The Morgan fingerprint density at radius 1 is 1.48 bits per heavy atom. The van der Waals surface area contributed by atoms with Gasteiger partial charge in [-0.1, -0.05) is 12.1 Å². The van der Waals surface area contributed by atoms with Gasteiger partial charge in [0.1, 0.15) is 12.1 Å². The number of oxazole rings is 1. The number of aliphatic hydroxyl groups is 1. The molecule has 0 fully saturated rings. The van der Waals surface area contributed by atoms with Gasteiger partial charge in [-0.2, -0.15) is 0 Å². The van der Waals surface area contributed by atoms with Gasteiger partial charge in [0.15, 0.2) is 5.58 Å². The van der Waals surface area contributed by atoms with E-state index in [1.165, 1.54) is 11.7 Å². The third kappa shape index (κ3) is 3.71. The van der Waals surface area contributed by atoms with Gasteiger partial charge in [0.25, 0.3) is 0 Å². The summed E-state index contributed by atoms with van der Waals surface area (Å²) in [6.45, 7) is 1.52. The second-order valence-electron chi connectivity index (χ2n) is 5.13. The Hall–Kier alpha value is -2.12. The molecule has 0 radical (unpaired) electrons. The number of amides is 1. The van der Waals surface area contributed by atoms with E-state index in [0.717, 1.165) is 0 Å². The number of hydrogen-bond donors (Lipinski definition) is 2. The molecule has 2 rings (SSSR count). The Balaban J connectivity index is 2.05. The summed E-state index contributed by atoms with van der Waals surface area (Å²) in [5.74, 6) is -0.977. The number of aromatic nitrogens is 1. The topological polar surface area (TPSA) is 93.7 Å². The predicted octanol–water partition coefficient (Wildman–Crippen LogP) is 0.108. The number of carbonyl (C=O) groups is 1. The van der Waals surface area contributed by atoms with Crippen molar-refractivity contribution in [2.24, 2.45) is 0 Å². The summed E-state index contributed by atoms with van der Waals surface area (Å²) < 4.78 is 11.1. The summed E-state index contributed by atoms with van der Waals surface area (Å²) in [4.78, 5) is 23.6. The molecule has 0 spiro atoms. The predicted molar refractivity (Wildman–Crippen MR) is 76.0 cm³/mol. The molecule has 0 aliphatic carbocycles. The third-order valence-corrected chi connectivity index (χ3v) is 3.00. The number of carbonyl (C=O) groups excluding carboxylic acids is 1. The molecule has 1 atom stereocenters. The molecular weight excluding hydrogens is 276 g/mol. The SMILES string of the molecule is COCC(C)(O)CNC(=O)Cn1c(=O)oc2ccccc21. The molecule has 1 amide bonds. The standard InChI is InChI=1S/C14H18N2O5/c1-14(19,9-20-2)8-15-12(17)7-16-10-5-3-4-6-11(10)21-13(16)18/h3-6,19H,7-9H2,1-2H3,(H,15,17). The number of nitrogens with one attached hydrogen (secondary N) is 1. The van der Waals surface area contributed by atoms with Gasteiger partial charge >= 0.3 is 5.76 Å². The van der Waals surface area contributed by atoms with E-state index in [2.05, 4.69) is 5.32 Å². The number of hydrogen-bond acceptors (Lipinski definition) is 5. The highest BCUT2D eigenvalue weighted by molar-refractivity contribution is 5.79. The highest BCUT2D eigenvalue weighted by atomic mass is 16.5. The molecule has 1 heterocycles. The molecule has 7 heteroatoms. The van der Waals surface area contributed by atoms with Crippen molar-refractivity contribution >= 4 is 17.0 Å². The lowest BCUT2D eigenvalue weighted by molar-refractivity contribution is -0.123. The van der Waals surface area contributed by atoms with E-state index >= 15 is 0 Å². The molecule has 0 bridgehead atoms. The number of para-hydroxylation sites is 2. The second kappa shape index (κ2) is 6.11. The minimum absolute atomic E-state index is 0.0320. The summed E-state index contributed by atoms with van der Waals surface area (Å²) >= 11 is 0. The molecule has 0 saturated heterocycles. The van der Waals surface area contributed by atoms with Gasteiger partial charge in [-0.15, -0.1) is 0 Å². The van der Waals surface area contributed by atoms with E-state index in [0.29, 0.717) is 11.1 Å². The monoisotopic (exact) mass is 294 g/mol. The minimum Gasteiger partial charge on any atom is -0.408 e. The summed E-state index contributed by atoms with van der Waals surface area (Å²) in [6.07, 6.45) is 0. The average Bonchev–Trinajstić information content (AvgIpc) is 2.73. The maximum Gasteiger partial charge on any atom is 0.420 e. The smallest absolute Gasteiger partial charge is 0.408 e. The van der Waals surface area contributed by atoms with Gasteiger partial charge < -0.3 is 19.6 Å². The summed E-state index contributed by atoms with van der Waals surface area (Å²) in [6, 6.07) is 6.87. The van der Waals surface area contributed by atoms with E-state index < -0.39 is 11.4 Å². The maximum absolute atomic E-state index is 11.9. The van der Waals surface area contributed by atoms with Crippen LogP contribution < -0.4 is 11.1 Å². The normalized spacial score (nSPS) is 14.0. The summed E-state index contributed by atoms with van der Waals surface area (Å²) in [5.41, 5.74) is -0.170. The van der Waals surface area contributed by atoms with E-state index in [1.54, 1.807) is 31.2 Å². The Kier molecular flexibility index (Phi) is 4.44. The Morgan fingerprint density at radius 3 is 2.90 bits per heavy atom. The fraction of sp³-hybridized carbons (Fsp3) is 0.429. The van der Waals surface area contributed by atoms with Crippen LogP contribution in [0.2, 0.25) is 0 Å². The van der Waals surface area contributed by atoms with Crippen molar-refractivity contribution in [1.82, 2.24) is 9.88 Å². The van der Waals surface area contributed by atoms with E-state index in [9.17, 15) is 14.7 Å². The van der Waals surface area contributed by atoms with Crippen molar-refractivity contribution in [3.8, 4) is 0 Å². The zero-order valence-electron chi connectivity index (χ0n) is 12.0. The fourth-order valence-electron chi connectivity index (χ4n) is 2.01. The van der Waals surface area contributed by atoms with Gasteiger partial charge in [-0.3, -0.25) is 9.36 Å². The van der Waals surface area contributed by atoms with Crippen LogP contribution >= 0.6 is 0 Å². The molecule has 0 aliphatic heterocycles. The van der Waals surface area contributed by atoms with Gasteiger partial charge in [0.2, 0.25) is 5.91 Å². The van der Waals surface area contributed by atoms with Crippen LogP contribution in [0.4, 0.5) is 0 Å². The first-order valence-electron chi connectivity index (χ1n) is 6.49. The molecule has 114 valence electrons. The van der Waals surface area contributed by atoms with Crippen LogP contribution in [0.5, 0.6) is 0 Å². The number of nitrogens with zero attached hydrogens (tertiary/aromatic N) is 1. The van der Waals surface area contributed by atoms with Gasteiger partial charge in [-0.25, -0.2) is 4.79 Å². The van der Waals surface area contributed by atoms with Crippen molar-refractivity contribution in [2.75, 3.05) is 20.3 Å². The quantitative estimate of drug-likeness (QED) is 0.788. The molecular formula is C14H18N2O5. The Labute approximate surface area is 121 Å². The highest BCUT2D eigenvalue weighted by Crippen LogP contribution is 2.11. The van der Waals surface area contributed by atoms with Crippen LogP contribution in [0.3, 0.4) is 0 Å². The lowest BCUT2D eigenvalue weighted by Crippen LogP contribution is -2.45. The molecule has 1 aromatic carbocycles. The summed E-state index contributed by atoms with van der Waals surface area (Å²) in [7, 11) is 1.47. The summed E-state index contributed by atoms with van der Waals surface area (Å²) in [5, 5.41) is 12.5. The van der Waals surface area contributed by atoms with Crippen molar-refractivity contribution < 1.29 is 19.1 Å². The van der Waals surface area contributed by atoms with Crippen molar-refractivity contribution in [3.05, 3.63) is 34.8 Å². The molecule has 1 aromatic heterocycles.